The summed E-state index contributed by atoms with van der Waals surface area (Å²) < 4.78 is 18.4. The third-order valence-corrected chi connectivity index (χ3v) is 5.57. The van der Waals surface area contributed by atoms with Crippen molar-refractivity contribution >= 4 is 46.4 Å². The van der Waals surface area contributed by atoms with E-state index in [0.717, 1.165) is 22.4 Å². The Morgan fingerprint density at radius 2 is 1.93 bits per heavy atom. The maximum atomic E-state index is 12.1. The van der Waals surface area contributed by atoms with Gasteiger partial charge in [0.1, 0.15) is 11.9 Å². The van der Waals surface area contributed by atoms with Gasteiger partial charge < -0.3 is 4.74 Å². The summed E-state index contributed by atoms with van der Waals surface area (Å²) in [6.07, 6.45) is 0.132. The highest BCUT2D eigenvalue weighted by atomic mass is 35.5. The first kappa shape index (κ1) is 19.6. The topological polar surface area (TPSA) is 46.6 Å². The van der Waals surface area contributed by atoms with Gasteiger partial charge in [-0.15, -0.1) is 11.3 Å². The number of ether oxygens (including phenoxy) is 1. The van der Waals surface area contributed by atoms with Crippen molar-refractivity contribution in [3.05, 3.63) is 70.6 Å². The van der Waals surface area contributed by atoms with Crippen molar-refractivity contribution in [3.63, 3.8) is 0 Å². The molecule has 0 aliphatic heterocycles. The van der Waals surface area contributed by atoms with Crippen LogP contribution in [0.5, 0.6) is 5.06 Å². The predicted octanol–water partition coefficient (Wildman–Crippen LogP) is 5.04. The van der Waals surface area contributed by atoms with Crippen LogP contribution in [0, 0.1) is 6.92 Å². The van der Waals surface area contributed by atoms with Crippen molar-refractivity contribution in [2.45, 2.75) is 13.3 Å². The fourth-order valence-electron chi connectivity index (χ4n) is 2.48. The number of thiophene rings is 1. The molecule has 4 nitrogen and oxygen atoms in total. The molecule has 140 valence electrons. The molecule has 2 aromatic carbocycles. The summed E-state index contributed by atoms with van der Waals surface area (Å²) in [4.78, 5) is 12.1. The number of rotatable bonds is 7. The van der Waals surface area contributed by atoms with Gasteiger partial charge in [-0.3, -0.25) is 9.10 Å². The van der Waals surface area contributed by atoms with E-state index in [4.69, 9.17) is 16.3 Å². The summed E-state index contributed by atoms with van der Waals surface area (Å²) >= 11 is 7.21. The molecule has 0 saturated heterocycles. The molecule has 0 fully saturated rings. The lowest BCUT2D eigenvalue weighted by atomic mass is 10.1. The van der Waals surface area contributed by atoms with Crippen molar-refractivity contribution in [1.82, 2.24) is 0 Å². The highest BCUT2D eigenvalue weighted by molar-refractivity contribution is 7.67. The van der Waals surface area contributed by atoms with Crippen LogP contribution in [0.25, 0.3) is 11.1 Å². The number of hydrogen-bond acceptors (Lipinski definition) is 4. The van der Waals surface area contributed by atoms with Crippen LogP contribution in [0.3, 0.4) is 0 Å². The Bertz CT molecular complexity index is 940. The van der Waals surface area contributed by atoms with Gasteiger partial charge in [0.2, 0.25) is 0 Å². The number of anilines is 1. The average molecular weight is 420 g/mol. The minimum absolute atomic E-state index is 0.132. The van der Waals surface area contributed by atoms with E-state index in [-0.39, 0.29) is 24.2 Å². The van der Waals surface area contributed by atoms with E-state index in [0.29, 0.717) is 16.6 Å². The van der Waals surface area contributed by atoms with Gasteiger partial charge in [-0.05, 0) is 42.3 Å². The smallest absolute Gasteiger partial charge is 0.313 e. The SMILES string of the molecule is Cc1ccc(N(CCC(=O)Oc2cc(-c3cccc(Cl)c3)cs2)[SH]=O)cc1. The molecule has 0 aliphatic rings. The number of benzene rings is 2. The van der Waals surface area contributed by atoms with Gasteiger partial charge in [-0.1, -0.05) is 41.4 Å². The Balaban J connectivity index is 1.58. The van der Waals surface area contributed by atoms with Crippen molar-refractivity contribution in [2.75, 3.05) is 10.8 Å². The molecule has 1 aromatic heterocycles. The van der Waals surface area contributed by atoms with Crippen LogP contribution >= 0.6 is 22.9 Å². The lowest BCUT2D eigenvalue weighted by Crippen LogP contribution is -2.23. The van der Waals surface area contributed by atoms with Crippen molar-refractivity contribution in [1.29, 1.82) is 0 Å². The van der Waals surface area contributed by atoms with E-state index in [1.807, 2.05) is 66.9 Å². The number of thiol groups is 1. The monoisotopic (exact) mass is 419 g/mol. The highest BCUT2D eigenvalue weighted by Gasteiger charge is 2.12. The number of esters is 1. The van der Waals surface area contributed by atoms with Crippen LogP contribution in [0.2, 0.25) is 5.02 Å². The Morgan fingerprint density at radius 3 is 2.63 bits per heavy atom. The van der Waals surface area contributed by atoms with Gasteiger partial charge >= 0.3 is 5.97 Å². The second-order valence-corrected chi connectivity index (χ2v) is 7.89. The number of carbonyl (C=O) groups is 1. The molecule has 0 saturated carbocycles. The molecule has 7 heteroatoms. The first-order valence-corrected chi connectivity index (χ1v) is 10.3. The quantitative estimate of drug-likeness (QED) is 0.431. The maximum Gasteiger partial charge on any atom is 0.313 e. The van der Waals surface area contributed by atoms with Crippen LogP contribution in [-0.4, -0.2) is 16.7 Å². The Morgan fingerprint density at radius 1 is 1.15 bits per heavy atom. The second-order valence-electron chi connectivity index (χ2n) is 5.93. The summed E-state index contributed by atoms with van der Waals surface area (Å²) in [5, 5.41) is 3.10. The summed E-state index contributed by atoms with van der Waals surface area (Å²) in [7, 11) is 0. The van der Waals surface area contributed by atoms with Crippen LogP contribution < -0.4 is 9.04 Å². The number of aryl methyl sites for hydroxylation is 1. The largest absolute Gasteiger partial charge is 0.415 e. The van der Waals surface area contributed by atoms with Crippen LogP contribution in [0.15, 0.2) is 60.0 Å². The normalized spacial score (nSPS) is 10.6. The minimum Gasteiger partial charge on any atom is -0.415 e. The van der Waals surface area contributed by atoms with Gasteiger partial charge in [0.15, 0.2) is 5.06 Å². The Labute approximate surface area is 171 Å². The molecule has 3 rings (SSSR count). The molecule has 0 amide bonds. The van der Waals surface area contributed by atoms with Gasteiger partial charge in [-0.25, -0.2) is 4.21 Å². The van der Waals surface area contributed by atoms with Crippen LogP contribution in [0.1, 0.15) is 12.0 Å². The maximum absolute atomic E-state index is 12.1. The summed E-state index contributed by atoms with van der Waals surface area (Å²) in [5.74, 6) is -0.366. The van der Waals surface area contributed by atoms with Crippen molar-refractivity contribution in [3.8, 4) is 16.2 Å². The third kappa shape index (κ3) is 5.42. The zero-order valence-electron chi connectivity index (χ0n) is 14.6. The van der Waals surface area contributed by atoms with Gasteiger partial charge in [0.25, 0.3) is 0 Å². The molecule has 0 aliphatic carbocycles. The molecule has 0 atom stereocenters. The highest BCUT2D eigenvalue weighted by Crippen LogP contribution is 2.32. The average Bonchev–Trinajstić information content (AvgIpc) is 3.12. The Hall–Kier alpha value is -2.15. The first-order valence-electron chi connectivity index (χ1n) is 8.28. The zero-order chi connectivity index (χ0) is 19.2. The second kappa shape index (κ2) is 9.17. The lowest BCUT2D eigenvalue weighted by Gasteiger charge is -2.16. The van der Waals surface area contributed by atoms with Gasteiger partial charge in [-0.2, -0.15) is 0 Å². The molecule has 0 spiro atoms. The summed E-state index contributed by atoms with van der Waals surface area (Å²) in [6.45, 7) is 2.29. The fourth-order valence-corrected chi connectivity index (χ4v) is 3.87. The van der Waals surface area contributed by atoms with Crippen LogP contribution in [0.4, 0.5) is 5.69 Å². The molecule has 0 bridgehead atoms. The minimum atomic E-state index is -0.366. The van der Waals surface area contributed by atoms with Gasteiger partial charge in [0, 0.05) is 28.7 Å². The summed E-state index contributed by atoms with van der Waals surface area (Å²) in [5.41, 5.74) is 3.83. The number of nitrogens with zero attached hydrogens (tertiary/aromatic N) is 1. The number of halogens is 1. The molecule has 27 heavy (non-hydrogen) atoms. The molecule has 0 N–H and O–H groups in total. The van der Waals surface area contributed by atoms with E-state index < -0.39 is 0 Å². The summed E-state index contributed by atoms with van der Waals surface area (Å²) in [6, 6.07) is 17.0. The van der Waals surface area contributed by atoms with E-state index >= 15 is 0 Å². The van der Waals surface area contributed by atoms with Crippen molar-refractivity contribution in [2.24, 2.45) is 0 Å². The molecule has 1 heterocycles. The first-order chi connectivity index (χ1) is 13.0. The fraction of sp³-hybridized carbons (Fsp3) is 0.150. The van der Waals surface area contributed by atoms with E-state index in [2.05, 4.69) is 0 Å². The van der Waals surface area contributed by atoms with E-state index in [1.165, 1.54) is 11.3 Å². The van der Waals surface area contributed by atoms with Gasteiger partial charge in [0.05, 0.1) is 6.42 Å². The number of hydrogen-bond donors (Lipinski definition) is 1. The van der Waals surface area contributed by atoms with Crippen molar-refractivity contribution < 1.29 is 13.7 Å². The molecular formula is C20H18ClNO3S2. The third-order valence-electron chi connectivity index (χ3n) is 3.91. The molecule has 3 aromatic rings. The Kier molecular flexibility index (Phi) is 6.66. The van der Waals surface area contributed by atoms with E-state index in [9.17, 15) is 9.00 Å². The predicted molar refractivity (Wildman–Crippen MR) is 113 cm³/mol. The lowest BCUT2D eigenvalue weighted by molar-refractivity contribution is -0.133. The van der Waals surface area contributed by atoms with Crippen LogP contribution in [-0.2, 0) is 16.6 Å². The molecular weight excluding hydrogens is 402 g/mol. The van der Waals surface area contributed by atoms with E-state index in [1.54, 1.807) is 4.31 Å². The molecule has 0 radical (unpaired) electrons. The zero-order valence-corrected chi connectivity index (χ0v) is 17.1. The molecule has 0 unspecified atom stereocenters. The standard InChI is InChI=1S/C20H18ClNO3S2/c1-14-5-7-18(8-6-14)22(27-24)10-9-19(23)25-20-12-16(13-26-20)15-3-2-4-17(21)11-15/h2-8,11-13,27H,9-10H2,1H3. The number of carbonyl (C=O) groups excluding carboxylic acids is 1.